The van der Waals surface area contributed by atoms with Crippen molar-refractivity contribution in [3.05, 3.63) is 29.8 Å². The molecule has 2 rings (SSSR count). The predicted octanol–water partition coefficient (Wildman–Crippen LogP) is 2.82. The third kappa shape index (κ3) is 3.87. The molecule has 0 aliphatic carbocycles. The molecule has 1 atom stereocenters. The number of carbonyl (C=O) groups excluding carboxylic acids is 1. The number of halogens is 3. The minimum Gasteiger partial charge on any atom is -0.329 e. The third-order valence-electron chi connectivity index (χ3n) is 3.38. The van der Waals surface area contributed by atoms with Crippen molar-refractivity contribution in [2.75, 3.05) is 24.5 Å². The van der Waals surface area contributed by atoms with Gasteiger partial charge in [-0.25, -0.2) is 4.79 Å². The van der Waals surface area contributed by atoms with E-state index < -0.39 is 18.8 Å². The molecule has 0 bridgehead atoms. The lowest BCUT2D eigenvalue weighted by molar-refractivity contribution is -0.122. The van der Waals surface area contributed by atoms with Gasteiger partial charge in [0.2, 0.25) is 0 Å². The van der Waals surface area contributed by atoms with Crippen LogP contribution < -0.4 is 15.5 Å². The van der Waals surface area contributed by atoms with Crippen molar-refractivity contribution in [3.63, 3.8) is 0 Å². The molecule has 0 radical (unpaired) electrons. The van der Waals surface area contributed by atoms with E-state index >= 15 is 0 Å². The van der Waals surface area contributed by atoms with Gasteiger partial charge in [0.25, 0.3) is 0 Å². The standard InChI is InChI=1S/C14H18F3N3O/c1-2-18-11-7-8-20(12-6-4-3-5-10(11)12)13(21)19-9-14(15,16)17/h3-6,11,18H,2,7-9H2,1H3,(H,19,21). The number of alkyl halides is 3. The molecule has 2 N–H and O–H groups in total. The number of rotatable bonds is 3. The molecule has 0 aromatic heterocycles. The van der Waals surface area contributed by atoms with Crippen LogP contribution in [0, 0.1) is 0 Å². The van der Waals surface area contributed by atoms with Crippen molar-refractivity contribution in [2.45, 2.75) is 25.6 Å². The minimum atomic E-state index is -4.41. The zero-order valence-corrected chi connectivity index (χ0v) is 11.7. The average molecular weight is 301 g/mol. The highest BCUT2D eigenvalue weighted by Crippen LogP contribution is 2.33. The Morgan fingerprint density at radius 3 is 2.76 bits per heavy atom. The summed E-state index contributed by atoms with van der Waals surface area (Å²) >= 11 is 0. The van der Waals surface area contributed by atoms with Crippen LogP contribution >= 0.6 is 0 Å². The van der Waals surface area contributed by atoms with Crippen LogP contribution in [0.2, 0.25) is 0 Å². The number of urea groups is 1. The van der Waals surface area contributed by atoms with Gasteiger partial charge in [-0.1, -0.05) is 25.1 Å². The Kier molecular flexibility index (Phi) is 4.72. The van der Waals surface area contributed by atoms with Gasteiger partial charge in [0.1, 0.15) is 6.54 Å². The highest BCUT2D eigenvalue weighted by Gasteiger charge is 2.31. The number of fused-ring (bicyclic) bond motifs is 1. The molecule has 0 saturated heterocycles. The number of anilines is 1. The Morgan fingerprint density at radius 1 is 1.38 bits per heavy atom. The molecular weight excluding hydrogens is 283 g/mol. The van der Waals surface area contributed by atoms with Crippen molar-refractivity contribution >= 4 is 11.7 Å². The van der Waals surface area contributed by atoms with E-state index in [2.05, 4.69) is 5.32 Å². The summed E-state index contributed by atoms with van der Waals surface area (Å²) in [7, 11) is 0. The zero-order chi connectivity index (χ0) is 15.5. The summed E-state index contributed by atoms with van der Waals surface area (Å²) in [5, 5.41) is 5.24. The van der Waals surface area contributed by atoms with Gasteiger partial charge in [-0.2, -0.15) is 13.2 Å². The van der Waals surface area contributed by atoms with E-state index in [1.807, 2.05) is 24.4 Å². The van der Waals surface area contributed by atoms with Crippen molar-refractivity contribution in [2.24, 2.45) is 0 Å². The van der Waals surface area contributed by atoms with Gasteiger partial charge in [-0.05, 0) is 24.6 Å². The van der Waals surface area contributed by atoms with Crippen LogP contribution in [0.1, 0.15) is 24.9 Å². The summed E-state index contributed by atoms with van der Waals surface area (Å²) in [6, 6.07) is 6.70. The fourth-order valence-corrected chi connectivity index (χ4v) is 2.50. The lowest BCUT2D eigenvalue weighted by Crippen LogP contribution is -2.47. The van der Waals surface area contributed by atoms with Crippen LogP contribution in [0.4, 0.5) is 23.7 Å². The minimum absolute atomic E-state index is 0.123. The number of hydrogen-bond donors (Lipinski definition) is 2. The van der Waals surface area contributed by atoms with Gasteiger partial charge in [0.05, 0.1) is 5.69 Å². The van der Waals surface area contributed by atoms with E-state index in [-0.39, 0.29) is 6.04 Å². The average Bonchev–Trinajstić information content (AvgIpc) is 2.44. The number of benzene rings is 1. The van der Waals surface area contributed by atoms with E-state index in [4.69, 9.17) is 0 Å². The summed E-state index contributed by atoms with van der Waals surface area (Å²) in [6.45, 7) is 1.85. The molecular formula is C14H18F3N3O. The number of amides is 2. The summed E-state index contributed by atoms with van der Waals surface area (Å²) in [4.78, 5) is 13.3. The molecule has 0 saturated carbocycles. The monoisotopic (exact) mass is 301 g/mol. The fourth-order valence-electron chi connectivity index (χ4n) is 2.50. The largest absolute Gasteiger partial charge is 0.405 e. The van der Waals surface area contributed by atoms with Crippen molar-refractivity contribution in [1.29, 1.82) is 0 Å². The summed E-state index contributed by atoms with van der Waals surface area (Å²) < 4.78 is 36.6. The Morgan fingerprint density at radius 2 is 2.10 bits per heavy atom. The van der Waals surface area contributed by atoms with Crippen LogP contribution in [0.3, 0.4) is 0 Å². The Balaban J connectivity index is 2.15. The first-order valence-electron chi connectivity index (χ1n) is 6.87. The predicted molar refractivity (Wildman–Crippen MR) is 74.3 cm³/mol. The maximum Gasteiger partial charge on any atom is 0.405 e. The molecule has 1 unspecified atom stereocenters. The second-order valence-corrected chi connectivity index (χ2v) is 4.88. The summed E-state index contributed by atoms with van der Waals surface area (Å²) in [5.41, 5.74) is 1.60. The number of nitrogens with one attached hydrogen (secondary N) is 2. The van der Waals surface area contributed by atoms with Crippen LogP contribution in [0.5, 0.6) is 0 Å². The van der Waals surface area contributed by atoms with E-state index in [0.29, 0.717) is 18.7 Å². The molecule has 1 aromatic rings. The quantitative estimate of drug-likeness (QED) is 0.901. The SMILES string of the molecule is CCNC1CCN(C(=O)NCC(F)(F)F)c2ccccc21. The first kappa shape index (κ1) is 15.6. The maximum atomic E-state index is 12.2. The molecule has 2 amide bonds. The Hall–Kier alpha value is -1.76. The molecule has 1 aromatic carbocycles. The lowest BCUT2D eigenvalue weighted by Gasteiger charge is -2.34. The van der Waals surface area contributed by atoms with Gasteiger partial charge in [-0.15, -0.1) is 0 Å². The molecule has 1 aliphatic heterocycles. The molecule has 0 fully saturated rings. The van der Waals surface area contributed by atoms with Gasteiger partial charge in [-0.3, -0.25) is 4.90 Å². The van der Waals surface area contributed by atoms with Crippen LogP contribution in [-0.2, 0) is 0 Å². The van der Waals surface area contributed by atoms with E-state index in [0.717, 1.165) is 12.1 Å². The Bertz CT molecular complexity index is 504. The topological polar surface area (TPSA) is 44.4 Å². The first-order valence-corrected chi connectivity index (χ1v) is 6.87. The van der Waals surface area contributed by atoms with Crippen molar-refractivity contribution < 1.29 is 18.0 Å². The highest BCUT2D eigenvalue weighted by atomic mass is 19.4. The second kappa shape index (κ2) is 6.34. The van der Waals surface area contributed by atoms with Gasteiger partial charge in [0, 0.05) is 12.6 Å². The third-order valence-corrected chi connectivity index (χ3v) is 3.38. The first-order chi connectivity index (χ1) is 9.92. The van der Waals surface area contributed by atoms with Gasteiger partial charge in [0.15, 0.2) is 0 Å². The molecule has 4 nitrogen and oxygen atoms in total. The summed E-state index contributed by atoms with van der Waals surface area (Å²) in [6.07, 6.45) is -3.73. The number of para-hydroxylation sites is 1. The summed E-state index contributed by atoms with van der Waals surface area (Å²) in [5.74, 6) is 0. The number of nitrogens with zero attached hydrogens (tertiary/aromatic N) is 1. The highest BCUT2D eigenvalue weighted by molar-refractivity contribution is 5.93. The Labute approximate surface area is 121 Å². The van der Waals surface area contributed by atoms with Crippen LogP contribution in [0.15, 0.2) is 24.3 Å². The smallest absolute Gasteiger partial charge is 0.329 e. The molecule has 1 aliphatic rings. The fraction of sp³-hybridized carbons (Fsp3) is 0.500. The van der Waals surface area contributed by atoms with E-state index in [9.17, 15) is 18.0 Å². The van der Waals surface area contributed by atoms with Crippen molar-refractivity contribution in [3.8, 4) is 0 Å². The lowest BCUT2D eigenvalue weighted by atomic mass is 9.96. The van der Waals surface area contributed by atoms with Crippen LogP contribution in [-0.4, -0.2) is 31.8 Å². The van der Waals surface area contributed by atoms with E-state index in [1.54, 1.807) is 12.1 Å². The zero-order valence-electron chi connectivity index (χ0n) is 11.7. The molecule has 21 heavy (non-hydrogen) atoms. The number of hydrogen-bond acceptors (Lipinski definition) is 2. The number of carbonyl (C=O) groups is 1. The van der Waals surface area contributed by atoms with Gasteiger partial charge < -0.3 is 10.6 Å². The second-order valence-electron chi connectivity index (χ2n) is 4.88. The molecule has 116 valence electrons. The maximum absolute atomic E-state index is 12.2. The van der Waals surface area contributed by atoms with E-state index in [1.165, 1.54) is 4.90 Å². The molecule has 0 spiro atoms. The van der Waals surface area contributed by atoms with Crippen molar-refractivity contribution in [1.82, 2.24) is 10.6 Å². The molecule has 1 heterocycles. The van der Waals surface area contributed by atoms with Gasteiger partial charge >= 0.3 is 12.2 Å². The normalized spacial score (nSPS) is 18.3. The molecule has 7 heteroatoms. The van der Waals surface area contributed by atoms with Crippen LogP contribution in [0.25, 0.3) is 0 Å².